The molecule has 2 unspecified atom stereocenters. The van der Waals surface area contributed by atoms with E-state index in [1.165, 1.54) is 11.1 Å². The van der Waals surface area contributed by atoms with E-state index in [-0.39, 0.29) is 12.2 Å². The minimum atomic E-state index is 0.133. The number of rotatable bonds is 5. The molecule has 0 spiro atoms. The Morgan fingerprint density at radius 2 is 2.14 bits per heavy atom. The van der Waals surface area contributed by atoms with Gasteiger partial charge >= 0.3 is 0 Å². The standard InChI is InChI=1S/C21H29N5O2/c1-22-21(26-9-11-28-20(15-26)19-6-3-10-27-19)24-13-17-4-2-5-18(12-17)14-25-8-7-23-16-25/h2,4-5,7-8,12,16,19-20H,3,6,9-11,13-15H2,1H3,(H,22,24). The molecule has 28 heavy (non-hydrogen) atoms. The summed E-state index contributed by atoms with van der Waals surface area (Å²) in [6.45, 7) is 4.81. The van der Waals surface area contributed by atoms with Crippen molar-refractivity contribution in [3.05, 3.63) is 54.1 Å². The molecule has 1 N–H and O–H groups in total. The highest BCUT2D eigenvalue weighted by atomic mass is 16.5. The number of imidazole rings is 1. The summed E-state index contributed by atoms with van der Waals surface area (Å²) in [4.78, 5) is 10.9. The van der Waals surface area contributed by atoms with Crippen LogP contribution in [0, 0.1) is 0 Å². The van der Waals surface area contributed by atoms with E-state index in [2.05, 4.69) is 49.0 Å². The second-order valence-corrected chi connectivity index (χ2v) is 7.36. The minimum absolute atomic E-state index is 0.133. The van der Waals surface area contributed by atoms with Crippen molar-refractivity contribution in [2.24, 2.45) is 4.99 Å². The Balaban J connectivity index is 1.34. The van der Waals surface area contributed by atoms with Crippen molar-refractivity contribution < 1.29 is 9.47 Å². The summed E-state index contributed by atoms with van der Waals surface area (Å²) in [6, 6.07) is 8.63. The summed E-state index contributed by atoms with van der Waals surface area (Å²) in [5.41, 5.74) is 2.50. The Labute approximate surface area is 166 Å². The van der Waals surface area contributed by atoms with Gasteiger partial charge in [0.15, 0.2) is 5.96 Å². The number of hydrogen-bond donors (Lipinski definition) is 1. The van der Waals surface area contributed by atoms with Crippen LogP contribution in [-0.4, -0.2) is 66.0 Å². The van der Waals surface area contributed by atoms with Crippen LogP contribution in [0.15, 0.2) is 48.0 Å². The Bertz CT molecular complexity index is 771. The average molecular weight is 383 g/mol. The van der Waals surface area contributed by atoms with Gasteiger partial charge in [-0.1, -0.05) is 24.3 Å². The zero-order valence-corrected chi connectivity index (χ0v) is 16.5. The number of guanidine groups is 1. The van der Waals surface area contributed by atoms with E-state index in [9.17, 15) is 0 Å². The van der Waals surface area contributed by atoms with Crippen molar-refractivity contribution in [1.82, 2.24) is 19.8 Å². The molecule has 2 aromatic rings. The molecular weight excluding hydrogens is 354 g/mol. The van der Waals surface area contributed by atoms with E-state index >= 15 is 0 Å². The minimum Gasteiger partial charge on any atom is -0.375 e. The monoisotopic (exact) mass is 383 g/mol. The molecular formula is C21H29N5O2. The molecule has 0 saturated carbocycles. The van der Waals surface area contributed by atoms with Crippen LogP contribution in [0.1, 0.15) is 24.0 Å². The first-order valence-corrected chi connectivity index (χ1v) is 10.0. The molecule has 2 saturated heterocycles. The molecule has 7 nitrogen and oxygen atoms in total. The lowest BCUT2D eigenvalue weighted by atomic mass is 10.1. The van der Waals surface area contributed by atoms with Crippen molar-refractivity contribution in [2.75, 3.05) is 33.4 Å². The van der Waals surface area contributed by atoms with Gasteiger partial charge in [-0.3, -0.25) is 4.99 Å². The summed E-state index contributed by atoms with van der Waals surface area (Å²) in [6.07, 6.45) is 8.21. The maximum absolute atomic E-state index is 5.96. The molecule has 2 aliphatic heterocycles. The summed E-state index contributed by atoms with van der Waals surface area (Å²) >= 11 is 0. The first-order chi connectivity index (χ1) is 13.8. The van der Waals surface area contributed by atoms with Gasteiger partial charge in [-0.25, -0.2) is 4.98 Å². The Hall–Kier alpha value is -2.38. The summed E-state index contributed by atoms with van der Waals surface area (Å²) in [5, 5.41) is 3.51. The van der Waals surface area contributed by atoms with Gasteiger partial charge in [0.25, 0.3) is 0 Å². The third-order valence-electron chi connectivity index (χ3n) is 5.35. The van der Waals surface area contributed by atoms with Crippen molar-refractivity contribution in [1.29, 1.82) is 0 Å². The Morgan fingerprint density at radius 3 is 2.93 bits per heavy atom. The molecule has 0 aliphatic carbocycles. The van der Waals surface area contributed by atoms with Gasteiger partial charge in [-0.15, -0.1) is 0 Å². The second kappa shape index (κ2) is 9.21. The SMILES string of the molecule is CN=C(NCc1cccc(Cn2ccnc2)c1)N1CCOC(C2CCCO2)C1. The summed E-state index contributed by atoms with van der Waals surface area (Å²) < 4.78 is 13.9. The molecule has 1 aromatic heterocycles. The topological polar surface area (TPSA) is 63.9 Å². The van der Waals surface area contributed by atoms with Crippen LogP contribution in [-0.2, 0) is 22.6 Å². The average Bonchev–Trinajstić information content (AvgIpc) is 3.43. The van der Waals surface area contributed by atoms with Crippen LogP contribution in [0.5, 0.6) is 0 Å². The van der Waals surface area contributed by atoms with E-state index in [1.54, 1.807) is 0 Å². The van der Waals surface area contributed by atoms with E-state index in [0.717, 1.165) is 51.6 Å². The number of nitrogens with one attached hydrogen (secondary N) is 1. The molecule has 0 radical (unpaired) electrons. The molecule has 0 bridgehead atoms. The van der Waals surface area contributed by atoms with E-state index in [4.69, 9.17) is 9.47 Å². The van der Waals surface area contributed by atoms with Crippen LogP contribution in [0.2, 0.25) is 0 Å². The van der Waals surface area contributed by atoms with Crippen molar-refractivity contribution in [3.8, 4) is 0 Å². The number of hydrogen-bond acceptors (Lipinski definition) is 4. The van der Waals surface area contributed by atoms with E-state index in [0.29, 0.717) is 6.61 Å². The highest BCUT2D eigenvalue weighted by Crippen LogP contribution is 2.21. The molecule has 0 amide bonds. The van der Waals surface area contributed by atoms with E-state index < -0.39 is 0 Å². The molecule has 3 heterocycles. The fourth-order valence-electron chi connectivity index (χ4n) is 3.93. The predicted molar refractivity (Wildman–Crippen MR) is 108 cm³/mol. The lowest BCUT2D eigenvalue weighted by Crippen LogP contribution is -2.53. The highest BCUT2D eigenvalue weighted by molar-refractivity contribution is 5.80. The number of morpholine rings is 1. The van der Waals surface area contributed by atoms with Crippen LogP contribution in [0.3, 0.4) is 0 Å². The summed E-state index contributed by atoms with van der Waals surface area (Å²) in [5.74, 6) is 0.923. The van der Waals surface area contributed by atoms with Crippen molar-refractivity contribution in [3.63, 3.8) is 0 Å². The van der Waals surface area contributed by atoms with Crippen molar-refractivity contribution in [2.45, 2.75) is 38.1 Å². The zero-order chi connectivity index (χ0) is 19.2. The van der Waals surface area contributed by atoms with Gasteiger partial charge < -0.3 is 24.3 Å². The van der Waals surface area contributed by atoms with Crippen LogP contribution in [0.25, 0.3) is 0 Å². The smallest absolute Gasteiger partial charge is 0.194 e. The van der Waals surface area contributed by atoms with Crippen LogP contribution < -0.4 is 5.32 Å². The number of ether oxygens (including phenoxy) is 2. The molecule has 2 atom stereocenters. The maximum atomic E-state index is 5.96. The largest absolute Gasteiger partial charge is 0.375 e. The predicted octanol–water partition coefficient (Wildman–Crippen LogP) is 1.89. The maximum Gasteiger partial charge on any atom is 0.194 e. The molecule has 2 fully saturated rings. The van der Waals surface area contributed by atoms with E-state index in [1.807, 2.05) is 25.8 Å². The molecule has 1 aromatic carbocycles. The third kappa shape index (κ3) is 4.72. The third-order valence-corrected chi connectivity index (χ3v) is 5.35. The number of aliphatic imine (C=N–C) groups is 1. The summed E-state index contributed by atoms with van der Waals surface area (Å²) in [7, 11) is 1.84. The zero-order valence-electron chi connectivity index (χ0n) is 16.5. The van der Waals surface area contributed by atoms with Crippen LogP contribution in [0.4, 0.5) is 0 Å². The van der Waals surface area contributed by atoms with Gasteiger partial charge in [-0.05, 0) is 24.0 Å². The Kier molecular flexibility index (Phi) is 6.24. The first kappa shape index (κ1) is 19.0. The Morgan fingerprint density at radius 1 is 1.25 bits per heavy atom. The number of nitrogens with zero attached hydrogens (tertiary/aromatic N) is 4. The van der Waals surface area contributed by atoms with Crippen LogP contribution >= 0.6 is 0 Å². The number of aromatic nitrogens is 2. The molecule has 4 rings (SSSR count). The fraction of sp³-hybridized carbons (Fsp3) is 0.524. The second-order valence-electron chi connectivity index (χ2n) is 7.36. The molecule has 2 aliphatic rings. The van der Waals surface area contributed by atoms with Gasteiger partial charge in [0.05, 0.1) is 19.0 Å². The van der Waals surface area contributed by atoms with Gasteiger partial charge in [0.1, 0.15) is 6.10 Å². The van der Waals surface area contributed by atoms with Gasteiger partial charge in [0.2, 0.25) is 0 Å². The molecule has 150 valence electrons. The van der Waals surface area contributed by atoms with Gasteiger partial charge in [-0.2, -0.15) is 0 Å². The molecule has 7 heteroatoms. The van der Waals surface area contributed by atoms with Crippen molar-refractivity contribution >= 4 is 5.96 Å². The first-order valence-electron chi connectivity index (χ1n) is 10.0. The van der Waals surface area contributed by atoms with Gasteiger partial charge in [0, 0.05) is 52.2 Å². The fourth-order valence-corrected chi connectivity index (χ4v) is 3.93. The lowest BCUT2D eigenvalue weighted by Gasteiger charge is -2.37. The lowest BCUT2D eigenvalue weighted by molar-refractivity contribution is -0.0817. The number of benzene rings is 1. The highest BCUT2D eigenvalue weighted by Gasteiger charge is 2.32. The normalized spacial score (nSPS) is 23.2. The quantitative estimate of drug-likeness (QED) is 0.631.